The Bertz CT molecular complexity index is 781. The van der Waals surface area contributed by atoms with Gasteiger partial charge in [0.15, 0.2) is 5.82 Å². The van der Waals surface area contributed by atoms with Crippen LogP contribution in [0.1, 0.15) is 49.0 Å². The quantitative estimate of drug-likeness (QED) is 0.862. The average molecular weight is 336 g/mol. The summed E-state index contributed by atoms with van der Waals surface area (Å²) in [5.74, 6) is 1.88. The fourth-order valence-corrected chi connectivity index (χ4v) is 2.90. The lowest BCUT2D eigenvalue weighted by atomic mass is 10.1. The summed E-state index contributed by atoms with van der Waals surface area (Å²) in [6.45, 7) is 2.57. The van der Waals surface area contributed by atoms with Gasteiger partial charge in [-0.15, -0.1) is 0 Å². The van der Waals surface area contributed by atoms with Crippen LogP contribution >= 0.6 is 0 Å². The number of hydrogen-bond acceptors (Lipinski definition) is 6. The second-order valence-electron chi connectivity index (χ2n) is 6.03. The molecular weight excluding hydrogens is 316 g/mol. The number of primary sulfonamides is 1. The molecule has 1 aliphatic rings. The van der Waals surface area contributed by atoms with Gasteiger partial charge in [-0.05, 0) is 44.5 Å². The predicted molar refractivity (Wildman–Crippen MR) is 84.0 cm³/mol. The summed E-state index contributed by atoms with van der Waals surface area (Å²) in [5, 5.41) is 9.12. The first-order valence-corrected chi connectivity index (χ1v) is 9.04. The fraction of sp³-hybridized carbons (Fsp3) is 0.467. The Morgan fingerprint density at radius 1 is 1.35 bits per heavy atom. The van der Waals surface area contributed by atoms with Gasteiger partial charge < -0.3 is 4.52 Å². The zero-order chi connectivity index (χ0) is 16.6. The average Bonchev–Trinajstić information content (AvgIpc) is 3.26. The number of nitrogens with two attached hydrogens (primary N) is 1. The molecule has 1 aliphatic carbocycles. The van der Waals surface area contributed by atoms with Crippen molar-refractivity contribution in [3.05, 3.63) is 41.5 Å². The normalized spacial score (nSPS) is 16.7. The first-order chi connectivity index (χ1) is 10.8. The number of aromatic nitrogens is 2. The highest BCUT2D eigenvalue weighted by molar-refractivity contribution is 7.89. The van der Waals surface area contributed by atoms with Crippen molar-refractivity contribution in [3.63, 3.8) is 0 Å². The van der Waals surface area contributed by atoms with E-state index >= 15 is 0 Å². The summed E-state index contributed by atoms with van der Waals surface area (Å²) in [6, 6.07) is 6.65. The van der Waals surface area contributed by atoms with Crippen LogP contribution in [0.5, 0.6) is 0 Å². The Morgan fingerprint density at radius 2 is 2.00 bits per heavy atom. The largest absolute Gasteiger partial charge is 0.338 e. The molecule has 23 heavy (non-hydrogen) atoms. The monoisotopic (exact) mass is 336 g/mol. The highest BCUT2D eigenvalue weighted by atomic mass is 32.2. The molecule has 1 fully saturated rings. The smallest absolute Gasteiger partial charge is 0.240 e. The van der Waals surface area contributed by atoms with Gasteiger partial charge in [-0.1, -0.05) is 17.3 Å². The van der Waals surface area contributed by atoms with Crippen LogP contribution in [-0.2, 0) is 16.6 Å². The molecule has 0 amide bonds. The Kier molecular flexibility index (Phi) is 4.22. The van der Waals surface area contributed by atoms with Gasteiger partial charge in [-0.2, -0.15) is 4.98 Å². The van der Waals surface area contributed by atoms with Crippen molar-refractivity contribution in [2.45, 2.75) is 43.2 Å². The third kappa shape index (κ3) is 3.77. The van der Waals surface area contributed by atoms with Gasteiger partial charge in [0.2, 0.25) is 15.9 Å². The molecule has 1 saturated carbocycles. The lowest BCUT2D eigenvalue weighted by Gasteiger charge is -2.23. The van der Waals surface area contributed by atoms with Crippen molar-refractivity contribution in [1.82, 2.24) is 15.0 Å². The van der Waals surface area contributed by atoms with E-state index in [1.54, 1.807) is 12.1 Å². The number of rotatable bonds is 6. The van der Waals surface area contributed by atoms with E-state index in [0.29, 0.717) is 18.4 Å². The number of hydrogen-bond donors (Lipinski definition) is 1. The topological polar surface area (TPSA) is 102 Å². The molecule has 0 bridgehead atoms. The molecule has 0 saturated heterocycles. The van der Waals surface area contributed by atoms with Gasteiger partial charge >= 0.3 is 0 Å². The van der Waals surface area contributed by atoms with Crippen molar-refractivity contribution in [2.75, 3.05) is 7.05 Å². The summed E-state index contributed by atoms with van der Waals surface area (Å²) in [6.07, 6.45) is 2.28. The van der Waals surface area contributed by atoms with E-state index in [9.17, 15) is 8.42 Å². The summed E-state index contributed by atoms with van der Waals surface area (Å²) in [4.78, 5) is 6.60. The summed E-state index contributed by atoms with van der Waals surface area (Å²) >= 11 is 0. The molecule has 3 rings (SSSR count). The maximum Gasteiger partial charge on any atom is 0.240 e. The van der Waals surface area contributed by atoms with Crippen LogP contribution in [0, 0.1) is 0 Å². The molecule has 0 aliphatic heterocycles. The van der Waals surface area contributed by atoms with Gasteiger partial charge in [0.25, 0.3) is 0 Å². The van der Waals surface area contributed by atoms with E-state index in [1.165, 1.54) is 12.1 Å². The van der Waals surface area contributed by atoms with E-state index < -0.39 is 10.0 Å². The number of nitrogens with zero attached hydrogens (tertiary/aromatic N) is 3. The summed E-state index contributed by atoms with van der Waals surface area (Å²) in [7, 11) is -1.70. The van der Waals surface area contributed by atoms with E-state index in [-0.39, 0.29) is 10.9 Å². The SMILES string of the molecule is C[C@@H](c1ccc(S(N)(=O)=O)cc1)N(C)Cc1nc(C2CC2)no1. The van der Waals surface area contributed by atoms with Crippen LogP contribution in [0.2, 0.25) is 0 Å². The van der Waals surface area contributed by atoms with E-state index in [2.05, 4.69) is 15.0 Å². The molecule has 8 heteroatoms. The van der Waals surface area contributed by atoms with Crippen LogP contribution in [0.15, 0.2) is 33.7 Å². The van der Waals surface area contributed by atoms with Gasteiger partial charge in [0.1, 0.15) is 0 Å². The Hall–Kier alpha value is -1.77. The molecule has 7 nitrogen and oxygen atoms in total. The zero-order valence-electron chi connectivity index (χ0n) is 13.1. The molecule has 1 atom stereocenters. The second-order valence-corrected chi connectivity index (χ2v) is 7.59. The lowest BCUT2D eigenvalue weighted by Crippen LogP contribution is -2.22. The van der Waals surface area contributed by atoms with Crippen LogP contribution in [-0.4, -0.2) is 30.5 Å². The third-order valence-electron chi connectivity index (χ3n) is 4.16. The van der Waals surface area contributed by atoms with Crippen molar-refractivity contribution < 1.29 is 12.9 Å². The van der Waals surface area contributed by atoms with Gasteiger partial charge in [-0.25, -0.2) is 13.6 Å². The number of sulfonamides is 1. The lowest BCUT2D eigenvalue weighted by molar-refractivity contribution is 0.216. The highest BCUT2D eigenvalue weighted by Gasteiger charge is 2.29. The molecule has 1 heterocycles. The van der Waals surface area contributed by atoms with Crippen LogP contribution in [0.4, 0.5) is 0 Å². The summed E-state index contributed by atoms with van der Waals surface area (Å²) < 4.78 is 27.9. The second kappa shape index (κ2) is 6.03. The van der Waals surface area contributed by atoms with Gasteiger partial charge in [0, 0.05) is 12.0 Å². The number of benzene rings is 1. The zero-order valence-corrected chi connectivity index (χ0v) is 14.0. The molecule has 0 radical (unpaired) electrons. The standard InChI is InChI=1S/C15H20N4O3S/c1-10(11-5-7-13(8-6-11)23(16,20)21)19(2)9-14-17-15(18-22-14)12-3-4-12/h5-8,10,12H,3-4,9H2,1-2H3,(H2,16,20,21)/t10-/m0/s1. The van der Waals surface area contributed by atoms with E-state index in [4.69, 9.17) is 9.66 Å². The van der Waals surface area contributed by atoms with Crippen molar-refractivity contribution in [3.8, 4) is 0 Å². The maximum atomic E-state index is 11.3. The van der Waals surface area contributed by atoms with Gasteiger partial charge in [-0.3, -0.25) is 4.90 Å². The van der Waals surface area contributed by atoms with Crippen molar-refractivity contribution in [2.24, 2.45) is 5.14 Å². The van der Waals surface area contributed by atoms with Crippen molar-refractivity contribution >= 4 is 10.0 Å². The van der Waals surface area contributed by atoms with E-state index in [0.717, 1.165) is 24.2 Å². The van der Waals surface area contributed by atoms with Crippen LogP contribution < -0.4 is 5.14 Å². The van der Waals surface area contributed by atoms with E-state index in [1.807, 2.05) is 14.0 Å². The summed E-state index contributed by atoms with van der Waals surface area (Å²) in [5.41, 5.74) is 0.988. The van der Waals surface area contributed by atoms with Crippen LogP contribution in [0.25, 0.3) is 0 Å². The Labute approximate surface area is 135 Å². The molecule has 1 aromatic heterocycles. The first kappa shape index (κ1) is 16.1. The molecule has 2 N–H and O–H groups in total. The van der Waals surface area contributed by atoms with Gasteiger partial charge in [0.05, 0.1) is 11.4 Å². The minimum atomic E-state index is -3.66. The highest BCUT2D eigenvalue weighted by Crippen LogP contribution is 2.38. The minimum Gasteiger partial charge on any atom is -0.338 e. The maximum absolute atomic E-state index is 11.3. The van der Waals surface area contributed by atoms with Crippen LogP contribution in [0.3, 0.4) is 0 Å². The first-order valence-electron chi connectivity index (χ1n) is 7.50. The molecule has 1 aromatic carbocycles. The fourth-order valence-electron chi connectivity index (χ4n) is 2.38. The Morgan fingerprint density at radius 3 is 2.57 bits per heavy atom. The molecule has 0 unspecified atom stereocenters. The minimum absolute atomic E-state index is 0.0702. The van der Waals surface area contributed by atoms with Crippen molar-refractivity contribution in [1.29, 1.82) is 0 Å². The Balaban J connectivity index is 1.67. The molecule has 124 valence electrons. The molecule has 0 spiro atoms. The molecular formula is C15H20N4O3S. The molecule has 2 aromatic rings. The third-order valence-corrected chi connectivity index (χ3v) is 5.09. The predicted octanol–water partition coefficient (Wildman–Crippen LogP) is 1.79.